The first-order valence-corrected chi connectivity index (χ1v) is 4.74. The van der Waals surface area contributed by atoms with Crippen LogP contribution in [0.4, 0.5) is 0 Å². The van der Waals surface area contributed by atoms with Crippen LogP contribution in [0.15, 0.2) is 24.4 Å². The molecule has 0 amide bonds. The van der Waals surface area contributed by atoms with Gasteiger partial charge >= 0.3 is 0 Å². The third-order valence-corrected chi connectivity index (χ3v) is 2.41. The Labute approximate surface area is 66.3 Å². The molecular weight excluding hydrogens is 161 g/mol. The molecule has 0 bridgehead atoms. The third-order valence-electron chi connectivity index (χ3n) is 1.15. The van der Waals surface area contributed by atoms with Gasteiger partial charge in [0.1, 0.15) is 5.44 Å². The van der Waals surface area contributed by atoms with Gasteiger partial charge in [0, 0.05) is 6.20 Å². The smallest absolute Gasteiger partial charge is 0.238 e. The first-order valence-electron chi connectivity index (χ1n) is 3.42. The molecule has 60 valence electrons. The summed E-state index contributed by atoms with van der Waals surface area (Å²) in [6.07, 6.45) is 1.61. The number of hydrogen-bond acceptors (Lipinski definition) is 3. The minimum atomic E-state index is -2.08. The molecule has 0 saturated heterocycles. The second-order valence-corrected chi connectivity index (χ2v) is 3.31. The van der Waals surface area contributed by atoms with E-state index in [9.17, 15) is 4.57 Å². The summed E-state index contributed by atoms with van der Waals surface area (Å²) in [7, 11) is -2.08. The minimum Gasteiger partial charge on any atom is -0.327 e. The summed E-state index contributed by atoms with van der Waals surface area (Å²) < 4.78 is 16.1. The van der Waals surface area contributed by atoms with Crippen LogP contribution in [0.3, 0.4) is 0 Å². The highest BCUT2D eigenvalue weighted by molar-refractivity contribution is 7.48. The molecule has 0 N–H and O–H groups in total. The average Bonchev–Trinajstić information content (AvgIpc) is 2.07. The van der Waals surface area contributed by atoms with Gasteiger partial charge in [-0.25, -0.2) is 0 Å². The van der Waals surface area contributed by atoms with Gasteiger partial charge in [0.05, 0.1) is 6.61 Å². The van der Waals surface area contributed by atoms with Crippen molar-refractivity contribution in [1.82, 2.24) is 4.98 Å². The van der Waals surface area contributed by atoms with Crippen molar-refractivity contribution < 1.29 is 9.09 Å². The van der Waals surface area contributed by atoms with Gasteiger partial charge in [-0.1, -0.05) is 6.07 Å². The van der Waals surface area contributed by atoms with Crippen LogP contribution < -0.4 is 5.44 Å². The van der Waals surface area contributed by atoms with Crippen molar-refractivity contribution in [2.24, 2.45) is 0 Å². The quantitative estimate of drug-likeness (QED) is 0.642. The lowest BCUT2D eigenvalue weighted by atomic mass is 10.5. The van der Waals surface area contributed by atoms with Crippen LogP contribution in [0.1, 0.15) is 6.92 Å². The minimum absolute atomic E-state index is 0.467. The molecule has 4 heteroatoms. The second-order valence-electron chi connectivity index (χ2n) is 1.94. The predicted molar refractivity (Wildman–Crippen MR) is 44.5 cm³/mol. The van der Waals surface area contributed by atoms with Crippen molar-refractivity contribution in [2.75, 3.05) is 6.61 Å². The molecular formula is C7H10NO2P. The highest BCUT2D eigenvalue weighted by Gasteiger charge is 2.01. The molecule has 0 saturated carbocycles. The molecule has 0 radical (unpaired) electrons. The molecule has 0 aliphatic carbocycles. The zero-order valence-electron chi connectivity index (χ0n) is 6.28. The average molecular weight is 171 g/mol. The van der Waals surface area contributed by atoms with Crippen LogP contribution in [-0.2, 0) is 9.09 Å². The van der Waals surface area contributed by atoms with Gasteiger partial charge in [0.15, 0.2) is 0 Å². The Morgan fingerprint density at radius 2 is 2.45 bits per heavy atom. The van der Waals surface area contributed by atoms with E-state index in [0.717, 1.165) is 0 Å². The second kappa shape index (κ2) is 4.27. The maximum Gasteiger partial charge on any atom is 0.238 e. The van der Waals surface area contributed by atoms with Crippen molar-refractivity contribution in [1.29, 1.82) is 0 Å². The van der Waals surface area contributed by atoms with Crippen LogP contribution in [0.2, 0.25) is 0 Å². The Bertz CT molecular complexity index is 237. The molecule has 1 unspecified atom stereocenters. The lowest BCUT2D eigenvalue weighted by Crippen LogP contribution is -2.01. The number of rotatable bonds is 3. The molecule has 0 aromatic carbocycles. The van der Waals surface area contributed by atoms with Crippen molar-refractivity contribution in [3.05, 3.63) is 24.4 Å². The summed E-state index contributed by atoms with van der Waals surface area (Å²) >= 11 is 0. The number of pyridine rings is 1. The van der Waals surface area contributed by atoms with Crippen LogP contribution in [0.25, 0.3) is 0 Å². The summed E-state index contributed by atoms with van der Waals surface area (Å²) in [5, 5.41) is 0. The van der Waals surface area contributed by atoms with Crippen LogP contribution >= 0.6 is 8.03 Å². The van der Waals surface area contributed by atoms with E-state index in [-0.39, 0.29) is 0 Å². The molecule has 0 aliphatic heterocycles. The van der Waals surface area contributed by atoms with E-state index in [4.69, 9.17) is 4.52 Å². The Kier molecular flexibility index (Phi) is 3.27. The lowest BCUT2D eigenvalue weighted by molar-refractivity contribution is 0.356. The topological polar surface area (TPSA) is 39.2 Å². The van der Waals surface area contributed by atoms with Crippen LogP contribution in [0, 0.1) is 0 Å². The first-order chi connectivity index (χ1) is 5.34. The summed E-state index contributed by atoms with van der Waals surface area (Å²) in [5.41, 5.74) is 0.541. The van der Waals surface area contributed by atoms with Gasteiger partial charge in [-0.2, -0.15) is 0 Å². The number of nitrogens with zero attached hydrogens (tertiary/aromatic N) is 1. The molecule has 0 fully saturated rings. The summed E-state index contributed by atoms with van der Waals surface area (Å²) in [5.74, 6) is 0. The Hall–Kier alpha value is -0.660. The molecule has 1 aromatic heterocycles. The zero-order chi connectivity index (χ0) is 8.10. The highest BCUT2D eigenvalue weighted by Crippen LogP contribution is 2.18. The Morgan fingerprint density at radius 3 is 3.00 bits per heavy atom. The van der Waals surface area contributed by atoms with Crippen molar-refractivity contribution in [2.45, 2.75) is 6.92 Å². The fourth-order valence-electron chi connectivity index (χ4n) is 0.689. The SMILES string of the molecule is CCO[PH](=O)c1ccccn1. The zero-order valence-corrected chi connectivity index (χ0v) is 7.28. The summed E-state index contributed by atoms with van der Waals surface area (Å²) in [4.78, 5) is 3.91. The van der Waals surface area contributed by atoms with Gasteiger partial charge in [0.2, 0.25) is 8.03 Å². The molecule has 3 nitrogen and oxygen atoms in total. The molecule has 1 atom stereocenters. The monoisotopic (exact) mass is 171 g/mol. The van der Waals surface area contributed by atoms with E-state index < -0.39 is 8.03 Å². The lowest BCUT2D eigenvalue weighted by Gasteiger charge is -1.98. The standard InChI is InChI=1S/C7H10NO2P/c1-2-10-11(9)7-5-3-4-6-8-7/h3-6,11H,2H2,1H3. The van der Waals surface area contributed by atoms with Gasteiger partial charge in [0.25, 0.3) is 0 Å². The maximum absolute atomic E-state index is 11.1. The molecule has 1 heterocycles. The van der Waals surface area contributed by atoms with Gasteiger partial charge in [-0.05, 0) is 19.1 Å². The largest absolute Gasteiger partial charge is 0.327 e. The fourth-order valence-corrected chi connectivity index (χ4v) is 1.51. The van der Waals surface area contributed by atoms with E-state index in [0.29, 0.717) is 12.0 Å². The van der Waals surface area contributed by atoms with Gasteiger partial charge in [-0.3, -0.25) is 9.55 Å². The van der Waals surface area contributed by atoms with E-state index in [2.05, 4.69) is 4.98 Å². The highest BCUT2D eigenvalue weighted by atomic mass is 31.1. The van der Waals surface area contributed by atoms with Gasteiger partial charge < -0.3 is 4.52 Å². The van der Waals surface area contributed by atoms with E-state index in [1.165, 1.54) is 0 Å². The number of aromatic nitrogens is 1. The third kappa shape index (κ3) is 2.45. The van der Waals surface area contributed by atoms with Crippen molar-refractivity contribution in [3.8, 4) is 0 Å². The van der Waals surface area contributed by atoms with Crippen molar-refractivity contribution in [3.63, 3.8) is 0 Å². The van der Waals surface area contributed by atoms with Crippen LogP contribution in [0.5, 0.6) is 0 Å². The maximum atomic E-state index is 11.1. The van der Waals surface area contributed by atoms with Crippen molar-refractivity contribution >= 4 is 13.5 Å². The van der Waals surface area contributed by atoms with Crippen LogP contribution in [-0.4, -0.2) is 11.6 Å². The van der Waals surface area contributed by atoms with E-state index >= 15 is 0 Å². The first kappa shape index (κ1) is 8.44. The fraction of sp³-hybridized carbons (Fsp3) is 0.286. The van der Waals surface area contributed by atoms with E-state index in [1.807, 2.05) is 6.92 Å². The molecule has 1 aromatic rings. The van der Waals surface area contributed by atoms with E-state index in [1.54, 1.807) is 24.4 Å². The Balaban J connectivity index is 2.69. The molecule has 11 heavy (non-hydrogen) atoms. The summed E-state index contributed by atoms with van der Waals surface area (Å²) in [6, 6.07) is 5.28. The van der Waals surface area contributed by atoms with Gasteiger partial charge in [-0.15, -0.1) is 0 Å². The number of hydrogen-bond donors (Lipinski definition) is 0. The summed E-state index contributed by atoms with van der Waals surface area (Å²) in [6.45, 7) is 2.28. The molecule has 0 aliphatic rings. The normalized spacial score (nSPS) is 12.8. The molecule has 0 spiro atoms. The molecule has 1 rings (SSSR count). The Morgan fingerprint density at radius 1 is 1.64 bits per heavy atom. The predicted octanol–water partition coefficient (Wildman–Crippen LogP) is 1.22.